The van der Waals surface area contributed by atoms with Gasteiger partial charge in [0.2, 0.25) is 0 Å². The van der Waals surface area contributed by atoms with Gasteiger partial charge in [0.05, 0.1) is 26.4 Å². The molecule has 0 saturated heterocycles. The largest absolute Gasteiger partial charge is 0.472 e. The molecule has 0 aliphatic rings. The lowest BCUT2D eigenvalue weighted by Crippen LogP contribution is -2.30. The number of aliphatic hydroxyl groups is 1. The zero-order valence-corrected chi connectivity index (χ0v) is 64.8. The number of rotatable bonds is 74. The maximum absolute atomic E-state index is 13.1. The minimum Gasteiger partial charge on any atom is -0.462 e. The monoisotopic (exact) mass is 1420 g/mol. The Kier molecular flexibility index (Phi) is 66.3. The van der Waals surface area contributed by atoms with E-state index in [-0.39, 0.29) is 25.7 Å². The second kappa shape index (κ2) is 68.0. The number of phosphoric ester groups is 2. The molecule has 572 valence electrons. The van der Waals surface area contributed by atoms with Gasteiger partial charge in [-0.2, -0.15) is 0 Å². The number of aliphatic hydroxyl groups excluding tert-OH is 1. The van der Waals surface area contributed by atoms with Crippen molar-refractivity contribution in [2.45, 2.75) is 394 Å². The van der Waals surface area contributed by atoms with Crippen LogP contribution in [-0.4, -0.2) is 96.7 Å². The van der Waals surface area contributed by atoms with Crippen molar-refractivity contribution in [3.8, 4) is 0 Å². The molecule has 97 heavy (non-hydrogen) atoms. The summed E-state index contributed by atoms with van der Waals surface area (Å²) >= 11 is 0. The molecule has 0 heterocycles. The van der Waals surface area contributed by atoms with Crippen LogP contribution in [0, 0.1) is 17.8 Å². The van der Waals surface area contributed by atoms with Gasteiger partial charge in [0.25, 0.3) is 0 Å². The zero-order valence-electron chi connectivity index (χ0n) is 63.0. The number of ether oxygens (including phenoxy) is 4. The first-order valence-electron chi connectivity index (χ1n) is 39.7. The molecular formula is C78H148O17P2. The molecule has 0 aliphatic carbocycles. The Morgan fingerprint density at radius 1 is 0.340 bits per heavy atom. The van der Waals surface area contributed by atoms with Gasteiger partial charge < -0.3 is 33.8 Å². The molecule has 0 fully saturated rings. The predicted octanol–water partition coefficient (Wildman–Crippen LogP) is 22.5. The van der Waals surface area contributed by atoms with Crippen molar-refractivity contribution < 1.29 is 80.2 Å². The Morgan fingerprint density at radius 3 is 0.918 bits per heavy atom. The third-order valence-electron chi connectivity index (χ3n) is 17.9. The number of carbonyl (C=O) groups excluding carboxylic acids is 4. The molecule has 17 nitrogen and oxygen atoms in total. The molecular weight excluding hydrogens is 1270 g/mol. The molecule has 19 heteroatoms. The second-order valence-electron chi connectivity index (χ2n) is 28.6. The van der Waals surface area contributed by atoms with Crippen molar-refractivity contribution in [1.82, 2.24) is 0 Å². The van der Waals surface area contributed by atoms with E-state index < -0.39 is 97.5 Å². The molecule has 6 atom stereocenters. The molecule has 0 spiro atoms. The molecule has 0 aromatic rings. The maximum atomic E-state index is 13.1. The van der Waals surface area contributed by atoms with Crippen LogP contribution < -0.4 is 0 Å². The average molecular weight is 1420 g/mol. The predicted molar refractivity (Wildman–Crippen MR) is 395 cm³/mol. The summed E-state index contributed by atoms with van der Waals surface area (Å²) < 4.78 is 68.5. The van der Waals surface area contributed by atoms with Crippen LogP contribution in [0.1, 0.15) is 376 Å². The zero-order chi connectivity index (χ0) is 71.6. The Morgan fingerprint density at radius 2 is 0.608 bits per heavy atom. The summed E-state index contributed by atoms with van der Waals surface area (Å²) in [7, 11) is -9.93. The highest BCUT2D eigenvalue weighted by molar-refractivity contribution is 7.47. The number of carbonyl (C=O) groups is 4. The van der Waals surface area contributed by atoms with E-state index in [0.29, 0.717) is 31.6 Å². The van der Waals surface area contributed by atoms with E-state index in [1.807, 2.05) is 0 Å². The van der Waals surface area contributed by atoms with Crippen molar-refractivity contribution in [3.05, 3.63) is 24.3 Å². The van der Waals surface area contributed by atoms with E-state index in [2.05, 4.69) is 72.8 Å². The van der Waals surface area contributed by atoms with Gasteiger partial charge in [-0.1, -0.05) is 323 Å². The van der Waals surface area contributed by atoms with Gasteiger partial charge in [-0.05, 0) is 69.1 Å². The second-order valence-corrected chi connectivity index (χ2v) is 31.5. The number of phosphoric acid groups is 2. The Bertz CT molecular complexity index is 1980. The fraction of sp³-hybridized carbons (Fsp3) is 0.897. The molecule has 0 aromatic heterocycles. The highest BCUT2D eigenvalue weighted by Gasteiger charge is 2.30. The smallest absolute Gasteiger partial charge is 0.462 e. The summed E-state index contributed by atoms with van der Waals surface area (Å²) in [4.78, 5) is 72.9. The number of allylic oxidation sites excluding steroid dienone is 4. The lowest BCUT2D eigenvalue weighted by molar-refractivity contribution is -0.161. The van der Waals surface area contributed by atoms with Crippen LogP contribution in [0.4, 0.5) is 0 Å². The summed E-state index contributed by atoms with van der Waals surface area (Å²) in [5, 5.41) is 10.6. The molecule has 0 bridgehead atoms. The molecule has 3 N–H and O–H groups in total. The maximum Gasteiger partial charge on any atom is 0.472 e. The number of hydrogen-bond donors (Lipinski definition) is 3. The van der Waals surface area contributed by atoms with Gasteiger partial charge in [-0.15, -0.1) is 0 Å². The van der Waals surface area contributed by atoms with E-state index >= 15 is 0 Å². The quantitative estimate of drug-likeness (QED) is 0.0169. The molecule has 0 saturated carbocycles. The van der Waals surface area contributed by atoms with E-state index in [0.717, 1.165) is 121 Å². The third-order valence-corrected chi connectivity index (χ3v) is 19.8. The summed E-state index contributed by atoms with van der Waals surface area (Å²) in [5.74, 6) is 0.168. The van der Waals surface area contributed by atoms with Crippen LogP contribution in [0.3, 0.4) is 0 Å². The Balaban J connectivity index is 5.28. The number of esters is 4. The van der Waals surface area contributed by atoms with Crippen LogP contribution in [0.15, 0.2) is 24.3 Å². The third kappa shape index (κ3) is 70.4. The van der Waals surface area contributed by atoms with Gasteiger partial charge >= 0.3 is 39.5 Å². The van der Waals surface area contributed by atoms with Crippen molar-refractivity contribution in [1.29, 1.82) is 0 Å². The Labute approximate surface area is 592 Å². The number of hydrogen-bond acceptors (Lipinski definition) is 15. The van der Waals surface area contributed by atoms with Gasteiger partial charge in [-0.25, -0.2) is 9.13 Å². The van der Waals surface area contributed by atoms with Gasteiger partial charge in [-0.3, -0.25) is 37.3 Å². The summed E-state index contributed by atoms with van der Waals surface area (Å²) in [6, 6.07) is 0. The van der Waals surface area contributed by atoms with E-state index in [9.17, 15) is 43.2 Å². The van der Waals surface area contributed by atoms with Crippen LogP contribution in [0.25, 0.3) is 0 Å². The highest BCUT2D eigenvalue weighted by Crippen LogP contribution is 2.45. The normalized spacial score (nSPS) is 14.5. The van der Waals surface area contributed by atoms with Crippen molar-refractivity contribution in [2.75, 3.05) is 39.6 Å². The minimum atomic E-state index is -4.97. The van der Waals surface area contributed by atoms with Crippen LogP contribution in [-0.2, 0) is 65.4 Å². The SMILES string of the molecule is CCCCCC/C=C\C=C/CCCCCCCC(=O)O[C@H](COC(=O)CCCCCCCCCCCCCCCCC(C)CC)COP(=O)(O)OCC(O)COP(=O)(O)OC[C@@H](COC(=O)CCCCCCCCCC(C)C)OC(=O)CCCCCCCCCCCCCC(C)C. The fourth-order valence-electron chi connectivity index (χ4n) is 11.4. The van der Waals surface area contributed by atoms with Gasteiger partial charge in [0.15, 0.2) is 12.2 Å². The van der Waals surface area contributed by atoms with Crippen LogP contribution in [0.5, 0.6) is 0 Å². The van der Waals surface area contributed by atoms with E-state index in [1.54, 1.807) is 0 Å². The molecule has 0 radical (unpaired) electrons. The number of unbranched alkanes of at least 4 members (excludes halogenated alkanes) is 38. The van der Waals surface area contributed by atoms with Gasteiger partial charge in [0, 0.05) is 25.7 Å². The van der Waals surface area contributed by atoms with Gasteiger partial charge in [0.1, 0.15) is 19.3 Å². The summed E-state index contributed by atoms with van der Waals surface area (Å²) in [5.41, 5.74) is 0. The van der Waals surface area contributed by atoms with Crippen molar-refractivity contribution in [3.63, 3.8) is 0 Å². The van der Waals surface area contributed by atoms with Crippen molar-refractivity contribution in [2.24, 2.45) is 17.8 Å². The lowest BCUT2D eigenvalue weighted by atomic mass is 9.99. The van der Waals surface area contributed by atoms with Crippen LogP contribution in [0.2, 0.25) is 0 Å². The molecule has 0 aromatic carbocycles. The molecule has 4 unspecified atom stereocenters. The average Bonchev–Trinajstić information content (AvgIpc) is 1.77. The molecule has 0 aliphatic heterocycles. The highest BCUT2D eigenvalue weighted by atomic mass is 31.2. The van der Waals surface area contributed by atoms with Crippen molar-refractivity contribution >= 4 is 39.5 Å². The topological polar surface area (TPSA) is 237 Å². The Hall–Kier alpha value is -2.46. The summed E-state index contributed by atoms with van der Waals surface area (Å²) in [6.07, 6.45) is 57.7. The van der Waals surface area contributed by atoms with E-state index in [4.69, 9.17) is 37.0 Å². The lowest BCUT2D eigenvalue weighted by Gasteiger charge is -2.21. The first-order chi connectivity index (χ1) is 46.8. The standard InChI is InChI=1S/C78H148O17P2/c1-8-10-11-12-13-14-15-16-17-22-27-32-39-47-54-61-77(82)94-73(65-88-75(80)59-52-45-38-31-26-21-19-18-20-25-30-37-44-51-58-71(7)9-2)67-92-96(84,85)90-63-72(79)64-91-97(86,87)93-68-74(66-89-76(81)60-53-46-41-34-36-43-50-57-70(5)6)95-78(83)62-55-48-40-33-28-23-24-29-35-42-49-56-69(3)4/h14-17,69-74,79H,8-13,18-68H2,1-7H3,(H,84,85)(H,86,87)/b15-14-,17-16-/t71?,72?,73-,74-/m1/s1. The summed E-state index contributed by atoms with van der Waals surface area (Å²) in [6.45, 7) is 11.8. The molecule has 0 rings (SSSR count). The first-order valence-corrected chi connectivity index (χ1v) is 42.7. The fourth-order valence-corrected chi connectivity index (χ4v) is 13.0. The van der Waals surface area contributed by atoms with Crippen LogP contribution >= 0.6 is 15.6 Å². The molecule has 0 amide bonds. The first kappa shape index (κ1) is 94.5. The minimum absolute atomic E-state index is 0.0849. The van der Waals surface area contributed by atoms with E-state index in [1.165, 1.54) is 167 Å².